The summed E-state index contributed by atoms with van der Waals surface area (Å²) in [7, 11) is -3.24. The Morgan fingerprint density at radius 1 is 1.33 bits per heavy atom. The van der Waals surface area contributed by atoms with E-state index in [0.29, 0.717) is 11.5 Å². The molecular formula is C17H23N3O3S. The zero-order valence-electron chi connectivity index (χ0n) is 14.0. The lowest BCUT2D eigenvalue weighted by Gasteiger charge is -2.17. The van der Waals surface area contributed by atoms with Gasteiger partial charge < -0.3 is 10.3 Å². The molecule has 1 amide bonds. The van der Waals surface area contributed by atoms with E-state index in [0.717, 1.165) is 30.0 Å². The largest absolute Gasteiger partial charge is 0.358 e. The molecule has 3 rings (SSSR count). The maximum atomic E-state index is 12.5. The number of nitrogens with one attached hydrogen (secondary N) is 3. The lowest BCUT2D eigenvalue weighted by Crippen LogP contribution is -2.34. The van der Waals surface area contributed by atoms with Crippen LogP contribution in [0, 0.1) is 5.92 Å². The molecule has 0 fully saturated rings. The first-order valence-electron chi connectivity index (χ1n) is 8.20. The summed E-state index contributed by atoms with van der Waals surface area (Å²) in [6.45, 7) is 2.69. The quantitative estimate of drug-likeness (QED) is 0.716. The van der Waals surface area contributed by atoms with Gasteiger partial charge in [-0.1, -0.05) is 19.1 Å². The number of amides is 1. The van der Waals surface area contributed by atoms with Gasteiger partial charge in [-0.3, -0.25) is 4.79 Å². The van der Waals surface area contributed by atoms with E-state index in [2.05, 4.69) is 28.0 Å². The summed E-state index contributed by atoms with van der Waals surface area (Å²) < 4.78 is 24.4. The number of hydrogen-bond donors (Lipinski definition) is 3. The number of fused-ring (bicyclic) bond motifs is 3. The molecule has 1 aromatic heterocycles. The molecule has 24 heavy (non-hydrogen) atoms. The van der Waals surface area contributed by atoms with E-state index >= 15 is 0 Å². The second-order valence-corrected chi connectivity index (χ2v) is 8.41. The number of hydrogen-bond acceptors (Lipinski definition) is 3. The SMILES string of the molecule is CC1CCc2[nH]c3c(C(=O)NCCNS(C)(=O)=O)cccc3c2C1. The normalized spacial score (nSPS) is 17.7. The Balaban J connectivity index is 1.78. The van der Waals surface area contributed by atoms with E-state index in [9.17, 15) is 13.2 Å². The lowest BCUT2D eigenvalue weighted by atomic mass is 9.87. The van der Waals surface area contributed by atoms with Gasteiger partial charge in [-0.15, -0.1) is 0 Å². The monoisotopic (exact) mass is 349 g/mol. The molecule has 130 valence electrons. The molecule has 0 radical (unpaired) electrons. The fraction of sp³-hybridized carbons (Fsp3) is 0.471. The molecule has 1 aromatic carbocycles. The molecule has 1 unspecified atom stereocenters. The summed E-state index contributed by atoms with van der Waals surface area (Å²) in [6.07, 6.45) is 4.32. The third-order valence-corrected chi connectivity index (χ3v) is 5.22. The van der Waals surface area contributed by atoms with Gasteiger partial charge in [-0.25, -0.2) is 13.1 Å². The summed E-state index contributed by atoms with van der Waals surface area (Å²) in [5.74, 6) is 0.471. The van der Waals surface area contributed by atoms with Crippen molar-refractivity contribution < 1.29 is 13.2 Å². The predicted molar refractivity (Wildman–Crippen MR) is 94.7 cm³/mol. The van der Waals surface area contributed by atoms with Crippen LogP contribution in [0.4, 0.5) is 0 Å². The smallest absolute Gasteiger partial charge is 0.253 e. The van der Waals surface area contributed by atoms with E-state index in [1.165, 1.54) is 17.7 Å². The summed E-state index contributed by atoms with van der Waals surface area (Å²) in [4.78, 5) is 15.9. The van der Waals surface area contributed by atoms with Crippen LogP contribution in [0.1, 0.15) is 35.0 Å². The molecule has 1 aliphatic carbocycles. The molecule has 0 bridgehead atoms. The Morgan fingerprint density at radius 2 is 2.12 bits per heavy atom. The number of aromatic amines is 1. The fourth-order valence-electron chi connectivity index (χ4n) is 3.31. The Hall–Kier alpha value is -1.86. The third-order valence-electron chi connectivity index (χ3n) is 4.49. The second kappa shape index (κ2) is 6.57. The summed E-state index contributed by atoms with van der Waals surface area (Å²) in [5.41, 5.74) is 4.05. The van der Waals surface area contributed by atoms with Gasteiger partial charge in [0, 0.05) is 24.2 Å². The highest BCUT2D eigenvalue weighted by Crippen LogP contribution is 2.32. The Labute approximate surface area is 142 Å². The van der Waals surface area contributed by atoms with E-state index < -0.39 is 10.0 Å². The maximum Gasteiger partial charge on any atom is 0.253 e. The molecular weight excluding hydrogens is 326 g/mol. The molecule has 1 heterocycles. The number of rotatable bonds is 5. The van der Waals surface area contributed by atoms with Crippen molar-refractivity contribution in [1.82, 2.24) is 15.0 Å². The van der Waals surface area contributed by atoms with Gasteiger partial charge in [0.05, 0.1) is 17.3 Å². The van der Waals surface area contributed by atoms with Gasteiger partial charge in [-0.05, 0) is 36.8 Å². The van der Waals surface area contributed by atoms with Crippen LogP contribution in [-0.2, 0) is 22.9 Å². The number of carbonyl (C=O) groups excluding carboxylic acids is 1. The highest BCUT2D eigenvalue weighted by molar-refractivity contribution is 7.88. The number of carbonyl (C=O) groups is 1. The van der Waals surface area contributed by atoms with Gasteiger partial charge in [-0.2, -0.15) is 0 Å². The van der Waals surface area contributed by atoms with E-state index in [1.54, 1.807) is 6.07 Å². The van der Waals surface area contributed by atoms with Gasteiger partial charge >= 0.3 is 0 Å². The van der Waals surface area contributed by atoms with Crippen molar-refractivity contribution in [2.24, 2.45) is 5.92 Å². The molecule has 3 N–H and O–H groups in total. The van der Waals surface area contributed by atoms with Crippen molar-refractivity contribution in [3.8, 4) is 0 Å². The Bertz CT molecular complexity index is 871. The van der Waals surface area contributed by atoms with Crippen molar-refractivity contribution in [2.75, 3.05) is 19.3 Å². The van der Waals surface area contributed by atoms with Crippen LogP contribution in [0.5, 0.6) is 0 Å². The molecule has 0 saturated carbocycles. The van der Waals surface area contributed by atoms with Crippen LogP contribution in [-0.4, -0.2) is 38.7 Å². The van der Waals surface area contributed by atoms with E-state index in [4.69, 9.17) is 0 Å². The number of H-pyrrole nitrogens is 1. The second-order valence-electron chi connectivity index (χ2n) is 6.58. The minimum absolute atomic E-state index is 0.180. The number of para-hydroxylation sites is 1. The standard InChI is InChI=1S/C17H23N3O3S/c1-11-6-7-15-14(10-11)12-4-3-5-13(16(12)20-15)17(21)18-8-9-19-24(2,22)23/h3-5,11,19-20H,6-10H2,1-2H3,(H,18,21). The first-order chi connectivity index (χ1) is 11.3. The Kier molecular flexibility index (Phi) is 4.64. The van der Waals surface area contributed by atoms with Crippen molar-refractivity contribution in [3.63, 3.8) is 0 Å². The van der Waals surface area contributed by atoms with E-state index in [1.807, 2.05) is 6.07 Å². The van der Waals surface area contributed by atoms with E-state index in [-0.39, 0.29) is 19.0 Å². The topological polar surface area (TPSA) is 91.1 Å². The third kappa shape index (κ3) is 3.62. The summed E-state index contributed by atoms with van der Waals surface area (Å²) in [6, 6.07) is 5.76. The number of aryl methyl sites for hydroxylation is 1. The van der Waals surface area contributed by atoms with Crippen LogP contribution >= 0.6 is 0 Å². The molecule has 1 atom stereocenters. The average molecular weight is 349 g/mol. The van der Waals surface area contributed by atoms with Crippen molar-refractivity contribution >= 4 is 26.8 Å². The Morgan fingerprint density at radius 3 is 2.88 bits per heavy atom. The number of benzene rings is 1. The maximum absolute atomic E-state index is 12.5. The summed E-state index contributed by atoms with van der Waals surface area (Å²) in [5, 5.41) is 3.89. The molecule has 2 aromatic rings. The lowest BCUT2D eigenvalue weighted by molar-refractivity contribution is 0.0956. The fourth-order valence-corrected chi connectivity index (χ4v) is 3.78. The number of sulfonamides is 1. The summed E-state index contributed by atoms with van der Waals surface area (Å²) >= 11 is 0. The van der Waals surface area contributed by atoms with Crippen molar-refractivity contribution in [1.29, 1.82) is 0 Å². The van der Waals surface area contributed by atoms with Gasteiger partial charge in [0.25, 0.3) is 5.91 Å². The molecule has 7 heteroatoms. The highest BCUT2D eigenvalue weighted by Gasteiger charge is 2.22. The van der Waals surface area contributed by atoms with Gasteiger partial charge in [0.1, 0.15) is 0 Å². The minimum Gasteiger partial charge on any atom is -0.358 e. The molecule has 0 spiro atoms. The van der Waals surface area contributed by atoms with Crippen LogP contribution in [0.15, 0.2) is 18.2 Å². The van der Waals surface area contributed by atoms with Crippen molar-refractivity contribution in [2.45, 2.75) is 26.2 Å². The zero-order valence-corrected chi connectivity index (χ0v) is 14.8. The van der Waals surface area contributed by atoms with Crippen LogP contribution in [0.2, 0.25) is 0 Å². The molecule has 1 aliphatic rings. The van der Waals surface area contributed by atoms with Crippen molar-refractivity contribution in [3.05, 3.63) is 35.0 Å². The minimum atomic E-state index is -3.24. The van der Waals surface area contributed by atoms with Gasteiger partial charge in [0.15, 0.2) is 0 Å². The van der Waals surface area contributed by atoms with Crippen LogP contribution < -0.4 is 10.0 Å². The van der Waals surface area contributed by atoms with Gasteiger partial charge in [0.2, 0.25) is 10.0 Å². The highest BCUT2D eigenvalue weighted by atomic mass is 32.2. The molecule has 0 saturated heterocycles. The van der Waals surface area contributed by atoms with Crippen LogP contribution in [0.3, 0.4) is 0 Å². The first kappa shape index (κ1) is 17.0. The van der Waals surface area contributed by atoms with Crippen LogP contribution in [0.25, 0.3) is 10.9 Å². The molecule has 6 nitrogen and oxygen atoms in total. The zero-order chi connectivity index (χ0) is 17.3. The molecule has 0 aliphatic heterocycles. The first-order valence-corrected chi connectivity index (χ1v) is 10.1. The predicted octanol–water partition coefficient (Wildman–Crippen LogP) is 1.57. The number of aromatic nitrogens is 1. The average Bonchev–Trinajstić information content (AvgIpc) is 2.88.